The number of nitrogen functional groups attached to an aromatic ring is 1. The molecule has 3 rings (SSSR count). The van der Waals surface area contributed by atoms with Gasteiger partial charge >= 0.3 is 0 Å². The van der Waals surface area contributed by atoms with Gasteiger partial charge in [0.2, 0.25) is 0 Å². The molecule has 3 aromatic carbocycles. The number of benzene rings is 3. The molecule has 148 valence electrons. The number of nitrogens with zero attached hydrogens (tertiary/aromatic N) is 1. The van der Waals surface area contributed by atoms with E-state index in [0.717, 1.165) is 28.1 Å². The molecule has 5 nitrogen and oxygen atoms in total. The van der Waals surface area contributed by atoms with Crippen molar-refractivity contribution in [2.45, 2.75) is 13.5 Å². The summed E-state index contributed by atoms with van der Waals surface area (Å²) in [6.45, 7) is 1.90. The maximum atomic E-state index is 12.0. The zero-order chi connectivity index (χ0) is 21.0. The number of Topliss-reactive ketones (excluding diaryl/α,β-unsaturated/α-hetero) is 1. The van der Waals surface area contributed by atoms with Gasteiger partial charge in [-0.2, -0.15) is 0 Å². The average molecular weight is 387 g/mol. The van der Waals surface area contributed by atoms with Gasteiger partial charge in [-0.1, -0.05) is 18.2 Å². The number of rotatable bonds is 7. The molecule has 29 heavy (non-hydrogen) atoms. The van der Waals surface area contributed by atoms with Gasteiger partial charge in [-0.15, -0.1) is 0 Å². The fourth-order valence-corrected chi connectivity index (χ4v) is 3.02. The second-order valence-electron chi connectivity index (χ2n) is 7.15. The van der Waals surface area contributed by atoms with Crippen molar-refractivity contribution in [3.63, 3.8) is 0 Å². The predicted octanol–water partition coefficient (Wildman–Crippen LogP) is 4.49. The molecular formula is C24H25N3O2. The average Bonchev–Trinajstić information content (AvgIpc) is 2.72. The molecule has 0 aromatic heterocycles. The van der Waals surface area contributed by atoms with Gasteiger partial charge in [0.25, 0.3) is 0 Å². The number of carbonyl (C=O) groups excluding carboxylic acids is 1. The van der Waals surface area contributed by atoms with Gasteiger partial charge in [0.15, 0.2) is 5.78 Å². The second-order valence-corrected chi connectivity index (χ2v) is 7.15. The molecule has 0 radical (unpaired) electrons. The summed E-state index contributed by atoms with van der Waals surface area (Å²) in [6, 6.07) is 21.0. The van der Waals surface area contributed by atoms with E-state index in [1.54, 1.807) is 13.0 Å². The minimum Gasteiger partial charge on any atom is -0.489 e. The van der Waals surface area contributed by atoms with Crippen LogP contribution in [0, 0.1) is 5.41 Å². The molecule has 0 aliphatic heterocycles. The lowest BCUT2D eigenvalue weighted by molar-refractivity contribution is 0.101. The molecule has 0 atom stereocenters. The number of hydrogen-bond acceptors (Lipinski definition) is 4. The van der Waals surface area contributed by atoms with Crippen LogP contribution in [0.5, 0.6) is 5.75 Å². The first kappa shape index (κ1) is 20.1. The van der Waals surface area contributed by atoms with Crippen molar-refractivity contribution in [1.82, 2.24) is 0 Å². The molecule has 0 aliphatic rings. The Balaban J connectivity index is 1.88. The highest BCUT2D eigenvalue weighted by molar-refractivity contribution is 5.97. The molecule has 3 N–H and O–H groups in total. The van der Waals surface area contributed by atoms with Crippen LogP contribution in [-0.2, 0) is 6.61 Å². The molecule has 3 aromatic rings. The summed E-state index contributed by atoms with van der Waals surface area (Å²) >= 11 is 0. The Bertz CT molecular complexity index is 1040. The molecular weight excluding hydrogens is 362 g/mol. The van der Waals surface area contributed by atoms with Crippen molar-refractivity contribution >= 4 is 17.3 Å². The Morgan fingerprint density at radius 1 is 0.966 bits per heavy atom. The molecule has 0 saturated heterocycles. The third-order valence-corrected chi connectivity index (χ3v) is 4.66. The number of nitrogens with two attached hydrogens (primary N) is 1. The first-order valence-electron chi connectivity index (χ1n) is 9.33. The summed E-state index contributed by atoms with van der Waals surface area (Å²) in [6.07, 6.45) is 0. The molecule has 0 bridgehead atoms. The lowest BCUT2D eigenvalue weighted by Gasteiger charge is -2.14. The molecule has 0 unspecified atom stereocenters. The fourth-order valence-electron chi connectivity index (χ4n) is 3.02. The molecule has 0 aliphatic carbocycles. The fraction of sp³-hybridized carbons (Fsp3) is 0.167. The van der Waals surface area contributed by atoms with Gasteiger partial charge in [-0.25, -0.2) is 0 Å². The topological polar surface area (TPSA) is 79.4 Å². The molecule has 0 spiro atoms. The lowest BCUT2D eigenvalue weighted by Crippen LogP contribution is -2.10. The lowest BCUT2D eigenvalue weighted by atomic mass is 9.97. The zero-order valence-electron chi connectivity index (χ0n) is 16.9. The van der Waals surface area contributed by atoms with Gasteiger partial charge < -0.3 is 15.4 Å². The van der Waals surface area contributed by atoms with E-state index >= 15 is 0 Å². The summed E-state index contributed by atoms with van der Waals surface area (Å²) < 4.78 is 5.93. The van der Waals surface area contributed by atoms with Crippen molar-refractivity contribution in [3.05, 3.63) is 83.4 Å². The molecule has 0 saturated carbocycles. The van der Waals surface area contributed by atoms with Crippen molar-refractivity contribution in [3.8, 4) is 16.9 Å². The highest BCUT2D eigenvalue weighted by Gasteiger charge is 2.09. The standard InChI is InChI=1S/C24H25N3O2/c1-16(28)20-11-17(15-29-23-9-7-22(8-10-23)27(2)3)12-21(14-20)18-5-4-6-19(13-18)24(25)26/h4-14H,15H2,1-3H3,(H3,25,26). The Morgan fingerprint density at radius 2 is 1.66 bits per heavy atom. The molecule has 5 heteroatoms. The van der Waals surface area contributed by atoms with Gasteiger partial charge in [0, 0.05) is 30.9 Å². The van der Waals surface area contributed by atoms with E-state index in [2.05, 4.69) is 0 Å². The summed E-state index contributed by atoms with van der Waals surface area (Å²) in [5, 5.41) is 7.65. The number of anilines is 1. The summed E-state index contributed by atoms with van der Waals surface area (Å²) in [4.78, 5) is 14.1. The number of nitrogens with one attached hydrogen (secondary N) is 1. The minimum absolute atomic E-state index is 0.00819. The highest BCUT2D eigenvalue weighted by Crippen LogP contribution is 2.25. The number of ether oxygens (including phenoxy) is 1. The monoisotopic (exact) mass is 387 g/mol. The van der Waals surface area contributed by atoms with Crippen LogP contribution < -0.4 is 15.4 Å². The van der Waals surface area contributed by atoms with Crippen LogP contribution in [0.15, 0.2) is 66.7 Å². The molecule has 0 fully saturated rings. The van der Waals surface area contributed by atoms with E-state index in [1.165, 1.54) is 0 Å². The normalized spacial score (nSPS) is 10.4. The largest absolute Gasteiger partial charge is 0.489 e. The van der Waals surface area contributed by atoms with Crippen LogP contribution in [0.2, 0.25) is 0 Å². The Kier molecular flexibility index (Phi) is 5.98. The molecule has 0 amide bonds. The molecule has 0 heterocycles. The number of ketones is 1. The predicted molar refractivity (Wildman–Crippen MR) is 118 cm³/mol. The zero-order valence-corrected chi connectivity index (χ0v) is 16.9. The number of hydrogen-bond donors (Lipinski definition) is 2. The van der Waals surface area contributed by atoms with Crippen LogP contribution in [0.25, 0.3) is 11.1 Å². The SMILES string of the molecule is CC(=O)c1cc(COc2ccc(N(C)C)cc2)cc(-c2cccc(C(=N)N)c2)c1. The van der Waals surface area contributed by atoms with Crippen molar-refractivity contribution < 1.29 is 9.53 Å². The Hall–Kier alpha value is -3.60. The quantitative estimate of drug-likeness (QED) is 0.356. The minimum atomic E-state index is -0.00819. The van der Waals surface area contributed by atoms with Crippen molar-refractivity contribution in [1.29, 1.82) is 5.41 Å². The van der Waals surface area contributed by atoms with E-state index < -0.39 is 0 Å². The Labute approximate surface area is 171 Å². The van der Waals surface area contributed by atoms with Crippen LogP contribution in [0.3, 0.4) is 0 Å². The maximum absolute atomic E-state index is 12.0. The summed E-state index contributed by atoms with van der Waals surface area (Å²) in [5.41, 5.74) is 10.7. The van der Waals surface area contributed by atoms with Crippen LogP contribution in [0.1, 0.15) is 28.4 Å². The van der Waals surface area contributed by atoms with Crippen LogP contribution in [0.4, 0.5) is 5.69 Å². The van der Waals surface area contributed by atoms with E-state index in [4.69, 9.17) is 15.9 Å². The number of amidine groups is 1. The second kappa shape index (κ2) is 8.61. The van der Waals surface area contributed by atoms with Gasteiger partial charge in [-0.05, 0) is 72.1 Å². The highest BCUT2D eigenvalue weighted by atomic mass is 16.5. The third-order valence-electron chi connectivity index (χ3n) is 4.66. The number of carbonyl (C=O) groups is 1. The first-order chi connectivity index (χ1) is 13.8. The van der Waals surface area contributed by atoms with E-state index in [1.807, 2.05) is 79.7 Å². The van der Waals surface area contributed by atoms with E-state index in [-0.39, 0.29) is 11.6 Å². The summed E-state index contributed by atoms with van der Waals surface area (Å²) in [5.74, 6) is 0.773. The maximum Gasteiger partial charge on any atom is 0.159 e. The Morgan fingerprint density at radius 3 is 2.28 bits per heavy atom. The van der Waals surface area contributed by atoms with Crippen molar-refractivity contribution in [2.75, 3.05) is 19.0 Å². The van der Waals surface area contributed by atoms with Gasteiger partial charge in [-0.3, -0.25) is 10.2 Å². The first-order valence-corrected chi connectivity index (χ1v) is 9.33. The summed E-state index contributed by atoms with van der Waals surface area (Å²) in [7, 11) is 3.98. The van der Waals surface area contributed by atoms with Gasteiger partial charge in [0.1, 0.15) is 18.2 Å². The smallest absolute Gasteiger partial charge is 0.159 e. The van der Waals surface area contributed by atoms with Gasteiger partial charge in [0.05, 0.1) is 0 Å². The van der Waals surface area contributed by atoms with Crippen LogP contribution in [-0.4, -0.2) is 25.7 Å². The van der Waals surface area contributed by atoms with E-state index in [0.29, 0.717) is 17.7 Å². The van der Waals surface area contributed by atoms with Crippen molar-refractivity contribution in [2.24, 2.45) is 5.73 Å². The third kappa shape index (κ3) is 5.02. The van der Waals surface area contributed by atoms with E-state index in [9.17, 15) is 4.79 Å². The van der Waals surface area contributed by atoms with Crippen LogP contribution >= 0.6 is 0 Å².